The molecule has 0 unspecified atom stereocenters. The van der Waals surface area contributed by atoms with Crippen molar-refractivity contribution in [3.8, 4) is 0 Å². The highest BCUT2D eigenvalue weighted by atomic mass is 16.5. The van der Waals surface area contributed by atoms with Crippen LogP contribution in [0.4, 0.5) is 0 Å². The fourth-order valence-electron chi connectivity index (χ4n) is 5.37. The van der Waals surface area contributed by atoms with Gasteiger partial charge in [-0.3, -0.25) is 4.79 Å². The van der Waals surface area contributed by atoms with Crippen LogP contribution in [0.25, 0.3) is 0 Å². The fourth-order valence-corrected chi connectivity index (χ4v) is 5.37. The molecule has 0 radical (unpaired) electrons. The molecule has 0 spiro atoms. The van der Waals surface area contributed by atoms with Crippen LogP contribution in [0.5, 0.6) is 0 Å². The largest absolute Gasteiger partial charge is 0.466 e. The maximum absolute atomic E-state index is 11.8. The third kappa shape index (κ3) is 33.4. The summed E-state index contributed by atoms with van der Waals surface area (Å²) in [5, 5.41) is 0. The first-order chi connectivity index (χ1) is 18.3. The maximum Gasteiger partial charge on any atom is 0.305 e. The number of ether oxygens (including phenoxy) is 1. The Morgan fingerprint density at radius 1 is 0.351 bits per heavy atom. The van der Waals surface area contributed by atoms with Gasteiger partial charge in [0.1, 0.15) is 0 Å². The minimum absolute atomic E-state index is 0.0227. The predicted molar refractivity (Wildman–Crippen MR) is 165 cm³/mol. The van der Waals surface area contributed by atoms with Gasteiger partial charge in [0, 0.05) is 6.42 Å². The molecule has 0 saturated carbocycles. The van der Waals surface area contributed by atoms with Gasteiger partial charge >= 0.3 is 5.97 Å². The van der Waals surface area contributed by atoms with Crippen molar-refractivity contribution >= 4 is 5.97 Å². The average Bonchev–Trinajstić information content (AvgIpc) is 2.90. The van der Waals surface area contributed by atoms with Crippen molar-refractivity contribution in [1.29, 1.82) is 0 Å². The van der Waals surface area contributed by atoms with Crippen molar-refractivity contribution in [3.63, 3.8) is 0 Å². The van der Waals surface area contributed by atoms with Crippen molar-refractivity contribution in [1.82, 2.24) is 0 Å². The van der Waals surface area contributed by atoms with E-state index in [1.54, 1.807) is 0 Å². The van der Waals surface area contributed by atoms with Crippen LogP contribution in [0, 0.1) is 0 Å². The van der Waals surface area contributed by atoms with Crippen LogP contribution in [-0.4, -0.2) is 12.6 Å². The second kappa shape index (κ2) is 33.5. The molecule has 0 amide bonds. The Balaban J connectivity index is 3.10. The number of carbonyl (C=O) groups is 1. The van der Waals surface area contributed by atoms with Crippen LogP contribution in [0.3, 0.4) is 0 Å². The van der Waals surface area contributed by atoms with Gasteiger partial charge in [-0.05, 0) is 12.8 Å². The summed E-state index contributed by atoms with van der Waals surface area (Å²) in [6, 6.07) is 0. The van der Waals surface area contributed by atoms with E-state index in [9.17, 15) is 4.79 Å². The van der Waals surface area contributed by atoms with E-state index >= 15 is 0 Å². The van der Waals surface area contributed by atoms with E-state index in [1.807, 2.05) is 0 Å². The van der Waals surface area contributed by atoms with E-state index in [4.69, 9.17) is 4.74 Å². The molecule has 0 heterocycles. The van der Waals surface area contributed by atoms with Gasteiger partial charge in [-0.15, -0.1) is 0 Å². The lowest BCUT2D eigenvalue weighted by Gasteiger charge is -2.05. The molecule has 0 aliphatic heterocycles. The molecule has 0 aromatic carbocycles. The van der Waals surface area contributed by atoms with E-state index in [0.717, 1.165) is 12.8 Å². The lowest BCUT2D eigenvalue weighted by atomic mass is 10.0. The molecular formula is C35H70O2. The second-order valence-electron chi connectivity index (χ2n) is 11.9. The molecule has 0 atom stereocenters. The van der Waals surface area contributed by atoms with Gasteiger partial charge in [-0.1, -0.05) is 194 Å². The Morgan fingerprint density at radius 3 is 0.892 bits per heavy atom. The van der Waals surface area contributed by atoms with E-state index in [0.29, 0.717) is 13.0 Å². The molecule has 2 nitrogen and oxygen atoms in total. The molecule has 0 N–H and O–H groups in total. The topological polar surface area (TPSA) is 26.3 Å². The zero-order chi connectivity index (χ0) is 26.9. The number of hydrogen-bond donors (Lipinski definition) is 0. The molecule has 37 heavy (non-hydrogen) atoms. The number of carbonyl (C=O) groups excluding carboxylic acids is 1. The van der Waals surface area contributed by atoms with Gasteiger partial charge in [-0.2, -0.15) is 0 Å². The van der Waals surface area contributed by atoms with Crippen molar-refractivity contribution < 1.29 is 9.53 Å². The first-order valence-electron chi connectivity index (χ1n) is 17.5. The third-order valence-electron chi connectivity index (χ3n) is 8.00. The summed E-state index contributed by atoms with van der Waals surface area (Å²) < 4.78 is 5.38. The molecule has 0 aliphatic rings. The van der Waals surface area contributed by atoms with Crippen LogP contribution < -0.4 is 0 Å². The molecule has 0 aromatic heterocycles. The van der Waals surface area contributed by atoms with E-state index in [-0.39, 0.29) is 5.97 Å². The molecular weight excluding hydrogens is 452 g/mol. The van der Waals surface area contributed by atoms with Crippen molar-refractivity contribution in [2.24, 2.45) is 0 Å². The number of esters is 1. The van der Waals surface area contributed by atoms with E-state index < -0.39 is 0 Å². The van der Waals surface area contributed by atoms with Gasteiger partial charge in [0.2, 0.25) is 0 Å². The van der Waals surface area contributed by atoms with Crippen molar-refractivity contribution in [2.75, 3.05) is 6.61 Å². The molecule has 0 aliphatic carbocycles. The fraction of sp³-hybridized carbons (Fsp3) is 0.971. The number of hydrogen-bond acceptors (Lipinski definition) is 2. The minimum atomic E-state index is 0.0227. The zero-order valence-corrected chi connectivity index (χ0v) is 25.9. The smallest absolute Gasteiger partial charge is 0.305 e. The predicted octanol–water partition coefficient (Wildman–Crippen LogP) is 12.7. The van der Waals surface area contributed by atoms with Crippen LogP contribution in [0.2, 0.25) is 0 Å². The summed E-state index contributed by atoms with van der Waals surface area (Å²) in [6.07, 6.45) is 41.8. The molecule has 0 fully saturated rings. The average molecular weight is 523 g/mol. The minimum Gasteiger partial charge on any atom is -0.466 e. The summed E-state index contributed by atoms with van der Waals surface area (Å²) in [7, 11) is 0. The van der Waals surface area contributed by atoms with Crippen LogP contribution in [-0.2, 0) is 9.53 Å². The normalized spacial score (nSPS) is 11.3. The van der Waals surface area contributed by atoms with Gasteiger partial charge in [-0.25, -0.2) is 0 Å². The monoisotopic (exact) mass is 523 g/mol. The summed E-state index contributed by atoms with van der Waals surface area (Å²) in [5.74, 6) is 0.0227. The Hall–Kier alpha value is -0.530. The first-order valence-corrected chi connectivity index (χ1v) is 17.5. The summed E-state index contributed by atoms with van der Waals surface area (Å²) in [4.78, 5) is 11.8. The van der Waals surface area contributed by atoms with E-state index in [2.05, 4.69) is 13.8 Å². The Bertz CT molecular complexity index is 419. The van der Waals surface area contributed by atoms with Crippen molar-refractivity contribution in [2.45, 2.75) is 213 Å². The van der Waals surface area contributed by atoms with Gasteiger partial charge in [0.25, 0.3) is 0 Å². The van der Waals surface area contributed by atoms with E-state index in [1.165, 1.54) is 180 Å². The summed E-state index contributed by atoms with van der Waals surface area (Å²) in [5.41, 5.74) is 0. The maximum atomic E-state index is 11.8. The summed E-state index contributed by atoms with van der Waals surface area (Å²) >= 11 is 0. The zero-order valence-electron chi connectivity index (χ0n) is 25.9. The Morgan fingerprint density at radius 2 is 0.595 bits per heavy atom. The van der Waals surface area contributed by atoms with Crippen LogP contribution in [0.1, 0.15) is 213 Å². The van der Waals surface area contributed by atoms with Crippen LogP contribution in [0.15, 0.2) is 0 Å². The molecule has 0 rings (SSSR count). The quantitative estimate of drug-likeness (QED) is 0.0648. The molecule has 222 valence electrons. The Labute approximate surface area is 234 Å². The van der Waals surface area contributed by atoms with Gasteiger partial charge in [0.15, 0.2) is 0 Å². The summed E-state index contributed by atoms with van der Waals surface area (Å²) in [6.45, 7) is 5.18. The molecule has 0 aromatic rings. The van der Waals surface area contributed by atoms with Gasteiger partial charge in [0.05, 0.1) is 6.61 Å². The third-order valence-corrected chi connectivity index (χ3v) is 8.00. The molecule has 2 heteroatoms. The molecule has 0 saturated heterocycles. The second-order valence-corrected chi connectivity index (χ2v) is 11.9. The standard InChI is InChI=1S/C35H70O2/c1-3-5-7-9-11-12-13-14-15-16-17-18-19-20-21-22-23-24-25-26-27-29-31-33-35(36)37-34-32-30-28-10-8-6-4-2/h3-34H2,1-2H3. The number of unbranched alkanes of at least 4 members (excludes halogenated alkanes) is 28. The van der Waals surface area contributed by atoms with Crippen molar-refractivity contribution in [3.05, 3.63) is 0 Å². The highest BCUT2D eigenvalue weighted by Crippen LogP contribution is 2.16. The lowest BCUT2D eigenvalue weighted by Crippen LogP contribution is -2.05. The van der Waals surface area contributed by atoms with Gasteiger partial charge < -0.3 is 4.74 Å². The SMILES string of the molecule is CCCCCCCCCCCCCCCCCCCCCCCCCC(=O)OCCCCCCCCC. The first kappa shape index (κ1) is 36.5. The highest BCUT2D eigenvalue weighted by molar-refractivity contribution is 5.69. The number of rotatable bonds is 32. The molecule has 0 bridgehead atoms. The Kier molecular flexibility index (Phi) is 33.0. The highest BCUT2D eigenvalue weighted by Gasteiger charge is 2.02. The lowest BCUT2D eigenvalue weighted by molar-refractivity contribution is -0.143. The van der Waals surface area contributed by atoms with Crippen LogP contribution >= 0.6 is 0 Å².